The third kappa shape index (κ3) is 7.92. The molecule has 4 heteroatoms. The molecule has 0 spiro atoms. The van der Waals surface area contributed by atoms with Crippen molar-refractivity contribution in [2.45, 2.75) is 52.7 Å². The molecule has 1 aliphatic rings. The van der Waals surface area contributed by atoms with Gasteiger partial charge in [0.1, 0.15) is 0 Å². The van der Waals surface area contributed by atoms with Gasteiger partial charge in [0.25, 0.3) is 0 Å². The van der Waals surface area contributed by atoms with Crippen molar-refractivity contribution in [2.75, 3.05) is 32.8 Å². The molecule has 0 bridgehead atoms. The van der Waals surface area contributed by atoms with E-state index in [4.69, 9.17) is 4.74 Å². The van der Waals surface area contributed by atoms with E-state index in [1.165, 1.54) is 60.2 Å². The van der Waals surface area contributed by atoms with Crippen molar-refractivity contribution < 1.29 is 14.7 Å². The Balaban J connectivity index is 0. The van der Waals surface area contributed by atoms with Gasteiger partial charge in [-0.3, -0.25) is 0 Å². The lowest BCUT2D eigenvalue weighted by Gasteiger charge is -2.34. The van der Waals surface area contributed by atoms with Gasteiger partial charge < -0.3 is 14.7 Å². The number of rotatable bonds is 4. The summed E-state index contributed by atoms with van der Waals surface area (Å²) in [4.78, 5) is 0. The first-order valence-electron chi connectivity index (χ1n) is 7.10. The monoisotopic (exact) mass is 263 g/mol. The topological polar surface area (TPSA) is 39.2 Å². The van der Waals surface area contributed by atoms with Crippen molar-refractivity contribution in [3.05, 3.63) is 0 Å². The van der Waals surface area contributed by atoms with Gasteiger partial charge in [0.15, 0.2) is 0 Å². The summed E-state index contributed by atoms with van der Waals surface area (Å²) in [5, 5.41) is 0. The fourth-order valence-electron chi connectivity index (χ4n) is 2.24. The van der Waals surface area contributed by atoms with Gasteiger partial charge in [-0.05, 0) is 47.0 Å². The van der Waals surface area contributed by atoms with E-state index in [2.05, 4.69) is 27.7 Å². The number of quaternary nitrogens is 1. The summed E-state index contributed by atoms with van der Waals surface area (Å²) in [6.45, 7) is 15.2. The van der Waals surface area contributed by atoms with Crippen LogP contribution in [-0.4, -0.2) is 58.7 Å². The predicted molar refractivity (Wildman–Crippen MR) is 77.9 cm³/mol. The molecule has 1 rings (SSSR count). The summed E-state index contributed by atoms with van der Waals surface area (Å²) in [5.74, 6) is 0. The Morgan fingerprint density at radius 3 is 1.59 bits per heavy atom. The molecule has 1 aliphatic heterocycles. The molecule has 0 aromatic carbocycles. The summed E-state index contributed by atoms with van der Waals surface area (Å²) in [7, 11) is 1.23. The number of hydrogen-bond acceptors (Lipinski definition) is 2. The molecular formula is C13H33NO2Si. The maximum absolute atomic E-state index is 5.34. The van der Waals surface area contributed by atoms with Gasteiger partial charge in [-0.2, -0.15) is 0 Å². The second-order valence-electron chi connectivity index (χ2n) is 4.78. The van der Waals surface area contributed by atoms with E-state index in [0.717, 1.165) is 6.61 Å². The van der Waals surface area contributed by atoms with Crippen LogP contribution < -0.4 is 0 Å². The summed E-state index contributed by atoms with van der Waals surface area (Å²) in [5.41, 5.74) is 0.675. The van der Waals surface area contributed by atoms with Gasteiger partial charge in [0, 0.05) is 22.6 Å². The third-order valence-electron chi connectivity index (χ3n) is 4.09. The van der Waals surface area contributed by atoms with Crippen LogP contribution in [0, 0.1) is 0 Å². The van der Waals surface area contributed by atoms with Crippen molar-refractivity contribution in [1.82, 2.24) is 0 Å². The van der Waals surface area contributed by atoms with E-state index >= 15 is 0 Å². The third-order valence-corrected chi connectivity index (χ3v) is 5.00. The predicted octanol–water partition coefficient (Wildman–Crippen LogP) is 1.58. The first kappa shape index (κ1) is 19.4. The molecule has 1 fully saturated rings. The maximum Gasteiger partial charge on any atom is 0.0757 e. The van der Waals surface area contributed by atoms with Crippen LogP contribution in [0.25, 0.3) is 0 Å². The molecule has 0 radical (unpaired) electrons. The normalized spacial score (nSPS) is 20.1. The van der Waals surface area contributed by atoms with E-state index in [-0.39, 0.29) is 5.48 Å². The van der Waals surface area contributed by atoms with Crippen LogP contribution in [-0.2, 0) is 4.74 Å². The molecular weight excluding hydrogens is 230 g/mol. The van der Waals surface area contributed by atoms with Crippen LogP contribution in [0.3, 0.4) is 0 Å². The molecule has 0 aromatic rings. The number of ether oxygens (including phenoxy) is 1. The fraction of sp³-hybridized carbons (Fsp3) is 1.00. The average Bonchev–Trinajstić information content (AvgIpc) is 2.35. The highest BCUT2D eigenvalue weighted by atomic mass is 28.1. The van der Waals surface area contributed by atoms with E-state index in [9.17, 15) is 0 Å². The Labute approximate surface area is 111 Å². The standard InChI is InChI=1S/C8H20N.C5H12OSi.H2O/c1-5-9(6-2,7-3)8-4;7-5-3-1-2-4-6-5;/h5-8H2,1-4H3;5H,1-4H2,7H3;1H2/q+1;;/p-1. The van der Waals surface area contributed by atoms with E-state index in [1.807, 2.05) is 0 Å². The van der Waals surface area contributed by atoms with Crippen molar-refractivity contribution >= 4 is 10.2 Å². The molecule has 1 atom stereocenters. The number of nitrogens with zero attached hydrogens (tertiary/aromatic N) is 1. The number of hydrogen-bond donors (Lipinski definition) is 0. The largest absolute Gasteiger partial charge is 0.870 e. The minimum atomic E-state index is 0. The zero-order valence-electron chi connectivity index (χ0n) is 12.5. The summed E-state index contributed by atoms with van der Waals surface area (Å²) in [6, 6.07) is 0. The molecule has 0 aliphatic carbocycles. The highest BCUT2D eigenvalue weighted by Crippen LogP contribution is 2.08. The van der Waals surface area contributed by atoms with E-state index < -0.39 is 0 Å². The highest BCUT2D eigenvalue weighted by Gasteiger charge is 2.16. The Morgan fingerprint density at radius 2 is 1.47 bits per heavy atom. The Kier molecular flexibility index (Phi) is 12.8. The molecule has 1 saturated heterocycles. The molecule has 3 nitrogen and oxygen atoms in total. The second kappa shape index (κ2) is 11.2. The first-order valence-corrected chi connectivity index (χ1v) is 8.26. The van der Waals surface area contributed by atoms with E-state index in [1.54, 1.807) is 0 Å². The molecule has 0 aromatic heterocycles. The minimum absolute atomic E-state index is 0. The molecule has 0 amide bonds. The van der Waals surface area contributed by atoms with Gasteiger partial charge in [-0.1, -0.05) is 0 Å². The lowest BCUT2D eigenvalue weighted by molar-refractivity contribution is -0.921. The van der Waals surface area contributed by atoms with Crippen molar-refractivity contribution in [2.24, 2.45) is 0 Å². The maximum atomic E-state index is 5.34. The summed E-state index contributed by atoms with van der Waals surface area (Å²) in [6.07, 6.45) is 4.01. The smallest absolute Gasteiger partial charge is 0.0757 e. The lowest BCUT2D eigenvalue weighted by atomic mass is 10.2. The van der Waals surface area contributed by atoms with Gasteiger partial charge in [0.05, 0.1) is 26.2 Å². The van der Waals surface area contributed by atoms with Gasteiger partial charge in [0.2, 0.25) is 0 Å². The van der Waals surface area contributed by atoms with Crippen LogP contribution in [0.4, 0.5) is 0 Å². The van der Waals surface area contributed by atoms with Crippen molar-refractivity contribution in [3.63, 3.8) is 0 Å². The fourth-order valence-corrected chi connectivity index (χ4v) is 2.89. The van der Waals surface area contributed by atoms with Crippen LogP contribution in [0.15, 0.2) is 0 Å². The zero-order chi connectivity index (χ0) is 12.4. The average molecular weight is 263 g/mol. The van der Waals surface area contributed by atoms with Crippen LogP contribution in [0.1, 0.15) is 47.0 Å². The summed E-state index contributed by atoms with van der Waals surface area (Å²) < 4.78 is 6.62. The van der Waals surface area contributed by atoms with Crippen molar-refractivity contribution in [1.29, 1.82) is 0 Å². The molecule has 1 unspecified atom stereocenters. The Morgan fingerprint density at radius 1 is 1.00 bits per heavy atom. The van der Waals surface area contributed by atoms with Crippen LogP contribution in [0.2, 0.25) is 0 Å². The summed E-state index contributed by atoms with van der Waals surface area (Å²) >= 11 is 0. The van der Waals surface area contributed by atoms with Crippen molar-refractivity contribution in [3.8, 4) is 0 Å². The van der Waals surface area contributed by atoms with Gasteiger partial charge in [-0.25, -0.2) is 0 Å². The second-order valence-corrected chi connectivity index (χ2v) is 6.07. The minimum Gasteiger partial charge on any atom is -0.870 e. The van der Waals surface area contributed by atoms with Gasteiger partial charge in [-0.15, -0.1) is 0 Å². The molecule has 0 saturated carbocycles. The van der Waals surface area contributed by atoms with Crippen LogP contribution >= 0.6 is 0 Å². The zero-order valence-corrected chi connectivity index (χ0v) is 14.5. The molecule has 1 N–H and O–H groups in total. The molecule has 1 heterocycles. The first-order chi connectivity index (χ1) is 7.64. The Bertz CT molecular complexity index is 140. The molecule has 106 valence electrons. The SMILES string of the molecule is CC[N+](CC)(CC)CC.[OH-].[SiH3]C1CCCCO1. The van der Waals surface area contributed by atoms with Gasteiger partial charge >= 0.3 is 0 Å². The lowest BCUT2D eigenvalue weighted by Crippen LogP contribution is -2.47. The Hall–Kier alpha value is 0.0969. The van der Waals surface area contributed by atoms with Crippen LogP contribution in [0.5, 0.6) is 0 Å². The highest BCUT2D eigenvalue weighted by molar-refractivity contribution is 6.10. The molecule has 17 heavy (non-hydrogen) atoms. The quantitative estimate of drug-likeness (QED) is 0.571. The van der Waals surface area contributed by atoms with E-state index in [0.29, 0.717) is 5.73 Å².